The summed E-state index contributed by atoms with van der Waals surface area (Å²) in [5.74, 6) is 0. The van der Waals surface area contributed by atoms with E-state index in [-0.39, 0.29) is 0 Å². The molecule has 0 radical (unpaired) electrons. The van der Waals surface area contributed by atoms with Crippen molar-refractivity contribution in [3.63, 3.8) is 0 Å². The molecule has 0 fully saturated rings. The van der Waals surface area contributed by atoms with Gasteiger partial charge < -0.3 is 0 Å². The Hall–Kier alpha value is -1.75. The Kier molecular flexibility index (Phi) is 4.76. The maximum absolute atomic E-state index is 2.46. The summed E-state index contributed by atoms with van der Waals surface area (Å²) in [6.07, 6.45) is 9.15. The van der Waals surface area contributed by atoms with Crippen molar-refractivity contribution in [2.24, 2.45) is 0 Å². The SMILES string of the molecule is Cc1cc(C)c[n+](I(c2ccccc2)[n+]2cc(C)cc(C)c2)c1. The van der Waals surface area contributed by atoms with Crippen LogP contribution in [0.4, 0.5) is 0 Å². The molecule has 0 aliphatic carbocycles. The number of rotatable bonds is 3. The van der Waals surface area contributed by atoms with Crippen LogP contribution in [-0.4, -0.2) is 0 Å². The molecule has 0 atom stereocenters. The zero-order valence-electron chi connectivity index (χ0n) is 14.1. The van der Waals surface area contributed by atoms with Gasteiger partial charge in [0, 0.05) is 0 Å². The number of pyridine rings is 2. The van der Waals surface area contributed by atoms with Crippen LogP contribution in [0.25, 0.3) is 0 Å². The summed E-state index contributed by atoms with van der Waals surface area (Å²) < 4.78 is 6.35. The molecular formula is C20H23IN2+2. The molecule has 0 saturated heterocycles. The molecule has 23 heavy (non-hydrogen) atoms. The van der Waals surface area contributed by atoms with Crippen LogP contribution in [0.2, 0.25) is 0 Å². The van der Waals surface area contributed by atoms with Crippen molar-refractivity contribution in [3.05, 3.63) is 93.1 Å². The van der Waals surface area contributed by atoms with Gasteiger partial charge >= 0.3 is 147 Å². The first-order valence-corrected chi connectivity index (χ1v) is 10.8. The van der Waals surface area contributed by atoms with Gasteiger partial charge in [-0.3, -0.25) is 0 Å². The number of benzene rings is 1. The minimum atomic E-state index is -1.81. The third kappa shape index (κ3) is 3.78. The molecule has 2 heterocycles. The van der Waals surface area contributed by atoms with Crippen molar-refractivity contribution < 1.29 is 5.56 Å². The predicted molar refractivity (Wildman–Crippen MR) is 102 cm³/mol. The van der Waals surface area contributed by atoms with E-state index < -0.39 is 20.4 Å². The van der Waals surface area contributed by atoms with Crippen LogP contribution < -0.4 is 5.56 Å². The van der Waals surface area contributed by atoms with Crippen molar-refractivity contribution in [1.29, 1.82) is 0 Å². The van der Waals surface area contributed by atoms with Crippen molar-refractivity contribution in [2.45, 2.75) is 27.7 Å². The van der Waals surface area contributed by atoms with Crippen molar-refractivity contribution in [2.75, 3.05) is 0 Å². The van der Waals surface area contributed by atoms with Gasteiger partial charge in [0.2, 0.25) is 0 Å². The summed E-state index contributed by atoms with van der Waals surface area (Å²) in [4.78, 5) is 0. The molecule has 2 aromatic heterocycles. The number of hydrogen-bond donors (Lipinski definition) is 0. The fraction of sp³-hybridized carbons (Fsp3) is 0.200. The number of hydrogen-bond acceptors (Lipinski definition) is 0. The quantitative estimate of drug-likeness (QED) is 0.566. The summed E-state index contributed by atoms with van der Waals surface area (Å²) in [6.45, 7) is 8.70. The normalized spacial score (nSPS) is 11.4. The van der Waals surface area contributed by atoms with Gasteiger partial charge in [0.25, 0.3) is 0 Å². The van der Waals surface area contributed by atoms with Crippen LogP contribution in [0.3, 0.4) is 0 Å². The second kappa shape index (κ2) is 6.79. The third-order valence-electron chi connectivity index (χ3n) is 3.52. The molecule has 0 N–H and O–H groups in total. The molecule has 0 bridgehead atoms. The van der Waals surface area contributed by atoms with E-state index in [4.69, 9.17) is 0 Å². The first-order valence-electron chi connectivity index (χ1n) is 7.78. The number of nitrogens with zero attached hydrogens (tertiary/aromatic N) is 2. The summed E-state index contributed by atoms with van der Waals surface area (Å²) in [5, 5.41) is 0. The van der Waals surface area contributed by atoms with Crippen LogP contribution in [-0.2, 0) is 0 Å². The second-order valence-electron chi connectivity index (χ2n) is 6.01. The van der Waals surface area contributed by atoms with Gasteiger partial charge in [0.15, 0.2) is 0 Å². The van der Waals surface area contributed by atoms with Gasteiger partial charge in [-0.25, -0.2) is 0 Å². The molecule has 0 spiro atoms. The predicted octanol–water partition coefficient (Wildman–Crippen LogP) is 4.10. The van der Waals surface area contributed by atoms with Crippen LogP contribution in [0.5, 0.6) is 0 Å². The number of aryl methyl sites for hydroxylation is 4. The molecule has 1 aromatic carbocycles. The Morgan fingerprint density at radius 1 is 0.609 bits per heavy atom. The third-order valence-corrected chi connectivity index (χ3v) is 8.57. The van der Waals surface area contributed by atoms with Crippen LogP contribution in [0.1, 0.15) is 22.3 Å². The fourth-order valence-electron chi connectivity index (χ4n) is 2.76. The van der Waals surface area contributed by atoms with E-state index in [9.17, 15) is 0 Å². The monoisotopic (exact) mass is 418 g/mol. The van der Waals surface area contributed by atoms with Gasteiger partial charge in [-0.1, -0.05) is 0 Å². The molecule has 3 heteroatoms. The van der Waals surface area contributed by atoms with Crippen LogP contribution in [0.15, 0.2) is 67.3 Å². The van der Waals surface area contributed by atoms with Gasteiger partial charge in [-0.05, 0) is 0 Å². The van der Waals surface area contributed by atoms with E-state index in [2.05, 4.69) is 101 Å². The fourth-order valence-corrected chi connectivity index (χ4v) is 8.49. The van der Waals surface area contributed by atoms with Gasteiger partial charge in [0.05, 0.1) is 0 Å². The van der Waals surface area contributed by atoms with E-state index in [1.165, 1.54) is 25.8 Å². The molecule has 3 aromatic rings. The van der Waals surface area contributed by atoms with E-state index in [0.29, 0.717) is 0 Å². The molecule has 0 saturated carbocycles. The first kappa shape index (κ1) is 16.1. The summed E-state index contributed by atoms with van der Waals surface area (Å²) in [5.41, 5.74) is 5.25. The van der Waals surface area contributed by atoms with Crippen molar-refractivity contribution in [1.82, 2.24) is 0 Å². The van der Waals surface area contributed by atoms with Crippen LogP contribution in [0, 0.1) is 31.3 Å². The Bertz CT molecular complexity index is 736. The molecular weight excluding hydrogens is 395 g/mol. The van der Waals surface area contributed by atoms with Crippen molar-refractivity contribution >= 4 is 20.4 Å². The van der Waals surface area contributed by atoms with E-state index in [1.54, 1.807) is 0 Å². The van der Waals surface area contributed by atoms with Gasteiger partial charge in [0.1, 0.15) is 0 Å². The van der Waals surface area contributed by atoms with Gasteiger partial charge in [-0.15, -0.1) is 0 Å². The summed E-state index contributed by atoms with van der Waals surface area (Å²) in [6, 6.07) is 15.4. The number of aromatic nitrogens is 2. The summed E-state index contributed by atoms with van der Waals surface area (Å²) >= 11 is -1.81. The van der Waals surface area contributed by atoms with Crippen LogP contribution >= 0.6 is 20.4 Å². The Labute approximate surface area is 146 Å². The summed E-state index contributed by atoms with van der Waals surface area (Å²) in [7, 11) is 0. The van der Waals surface area contributed by atoms with Crippen molar-refractivity contribution in [3.8, 4) is 0 Å². The van der Waals surface area contributed by atoms with E-state index >= 15 is 0 Å². The first-order chi connectivity index (χ1) is 11.0. The Morgan fingerprint density at radius 2 is 1.00 bits per heavy atom. The molecule has 118 valence electrons. The zero-order chi connectivity index (χ0) is 16.4. The average Bonchev–Trinajstić information content (AvgIpc) is 2.46. The molecule has 0 aliphatic rings. The molecule has 0 amide bonds. The maximum atomic E-state index is 2.46. The standard InChI is InChI=1S/C20H23IN2/c1-16-10-17(2)13-22(12-16)21(20-8-6-5-7-9-20)23-14-18(3)11-19(4)15-23/h5-15H,1-4H3/q+2. The molecule has 3 rings (SSSR count). The Balaban J connectivity index is 2.22. The average molecular weight is 418 g/mol. The van der Waals surface area contributed by atoms with E-state index in [1.807, 2.05) is 0 Å². The number of halogens is 1. The van der Waals surface area contributed by atoms with E-state index in [0.717, 1.165) is 0 Å². The topological polar surface area (TPSA) is 7.76 Å². The Morgan fingerprint density at radius 3 is 1.39 bits per heavy atom. The molecule has 0 unspecified atom stereocenters. The second-order valence-corrected chi connectivity index (χ2v) is 10.9. The van der Waals surface area contributed by atoms with Gasteiger partial charge in [-0.2, -0.15) is 0 Å². The molecule has 0 aliphatic heterocycles. The zero-order valence-corrected chi connectivity index (χ0v) is 16.3. The minimum absolute atomic E-state index is 1.31. The molecule has 2 nitrogen and oxygen atoms in total.